The van der Waals surface area contributed by atoms with Gasteiger partial charge in [-0.15, -0.1) is 0 Å². The minimum atomic E-state index is 0.181. The summed E-state index contributed by atoms with van der Waals surface area (Å²) < 4.78 is 2.22. The third-order valence-electron chi connectivity index (χ3n) is 3.57. The lowest BCUT2D eigenvalue weighted by atomic mass is 10.0. The molecule has 0 aromatic carbocycles. The lowest BCUT2D eigenvalue weighted by molar-refractivity contribution is -0.132. The number of nitrogens with two attached hydrogens (primary N) is 1. The van der Waals surface area contributed by atoms with Gasteiger partial charge in [0.2, 0.25) is 5.91 Å². The van der Waals surface area contributed by atoms with E-state index in [1.807, 2.05) is 17.3 Å². The standard InChI is InChI=1S/C13H22N4O/c1-2-12-15-7-9-17(12)11-4-3-8-16(10-11)13(18)5-6-14/h7,9,11H,2-6,8,10,14H2,1H3. The highest BCUT2D eigenvalue weighted by atomic mass is 16.2. The van der Waals surface area contributed by atoms with Gasteiger partial charge in [-0.1, -0.05) is 6.92 Å². The molecular weight excluding hydrogens is 228 g/mol. The van der Waals surface area contributed by atoms with E-state index in [2.05, 4.69) is 16.5 Å². The van der Waals surface area contributed by atoms with Gasteiger partial charge < -0.3 is 15.2 Å². The van der Waals surface area contributed by atoms with E-state index in [4.69, 9.17) is 5.73 Å². The molecule has 1 saturated heterocycles. The van der Waals surface area contributed by atoms with Crippen molar-refractivity contribution in [3.63, 3.8) is 0 Å². The van der Waals surface area contributed by atoms with Gasteiger partial charge in [0, 0.05) is 44.9 Å². The minimum Gasteiger partial charge on any atom is -0.341 e. The summed E-state index contributed by atoms with van der Waals surface area (Å²) in [6.07, 6.45) is 7.44. The maximum Gasteiger partial charge on any atom is 0.223 e. The number of likely N-dealkylation sites (tertiary alicyclic amines) is 1. The predicted octanol–water partition coefficient (Wildman–Crippen LogP) is 0.958. The van der Waals surface area contributed by atoms with Crippen molar-refractivity contribution >= 4 is 5.91 Å². The van der Waals surface area contributed by atoms with Gasteiger partial charge in [-0.2, -0.15) is 0 Å². The van der Waals surface area contributed by atoms with Crippen molar-refractivity contribution in [3.8, 4) is 0 Å². The second kappa shape index (κ2) is 6.00. The zero-order valence-electron chi connectivity index (χ0n) is 11.0. The fourth-order valence-electron chi connectivity index (χ4n) is 2.64. The Morgan fingerprint density at radius 1 is 1.61 bits per heavy atom. The highest BCUT2D eigenvalue weighted by molar-refractivity contribution is 5.76. The van der Waals surface area contributed by atoms with Crippen LogP contribution in [0.1, 0.15) is 38.1 Å². The Labute approximate surface area is 108 Å². The summed E-state index contributed by atoms with van der Waals surface area (Å²) in [4.78, 5) is 18.2. The first-order valence-electron chi connectivity index (χ1n) is 6.75. The molecule has 0 radical (unpaired) electrons. The van der Waals surface area contributed by atoms with Gasteiger partial charge in [0.25, 0.3) is 0 Å². The van der Waals surface area contributed by atoms with Crippen LogP contribution in [0.15, 0.2) is 12.4 Å². The van der Waals surface area contributed by atoms with Crippen molar-refractivity contribution in [2.24, 2.45) is 5.73 Å². The van der Waals surface area contributed by atoms with Crippen LogP contribution in [0, 0.1) is 0 Å². The molecular formula is C13H22N4O. The number of aromatic nitrogens is 2. The second-order valence-corrected chi connectivity index (χ2v) is 4.78. The average molecular weight is 250 g/mol. The van der Waals surface area contributed by atoms with E-state index in [1.54, 1.807) is 0 Å². The fraction of sp³-hybridized carbons (Fsp3) is 0.692. The maximum atomic E-state index is 11.9. The summed E-state index contributed by atoms with van der Waals surface area (Å²) >= 11 is 0. The number of piperidine rings is 1. The number of aryl methyl sites for hydroxylation is 1. The van der Waals surface area contributed by atoms with E-state index in [-0.39, 0.29) is 5.91 Å². The molecule has 1 aromatic heterocycles. The van der Waals surface area contributed by atoms with Crippen LogP contribution in [-0.4, -0.2) is 40.0 Å². The van der Waals surface area contributed by atoms with Crippen molar-refractivity contribution in [3.05, 3.63) is 18.2 Å². The first kappa shape index (κ1) is 13.1. The molecule has 5 heteroatoms. The summed E-state index contributed by atoms with van der Waals surface area (Å²) in [6.45, 7) is 4.21. The molecule has 0 aliphatic carbocycles. The van der Waals surface area contributed by atoms with Gasteiger partial charge in [-0.05, 0) is 12.8 Å². The van der Waals surface area contributed by atoms with E-state index in [1.165, 1.54) is 0 Å². The van der Waals surface area contributed by atoms with E-state index < -0.39 is 0 Å². The van der Waals surface area contributed by atoms with Gasteiger partial charge in [0.05, 0.1) is 6.04 Å². The molecule has 1 atom stereocenters. The Hall–Kier alpha value is -1.36. The monoisotopic (exact) mass is 250 g/mol. The fourth-order valence-corrected chi connectivity index (χ4v) is 2.64. The van der Waals surface area contributed by atoms with Crippen LogP contribution < -0.4 is 5.73 Å². The Morgan fingerprint density at radius 3 is 3.17 bits per heavy atom. The molecule has 1 aromatic rings. The van der Waals surface area contributed by atoms with Gasteiger partial charge in [0.1, 0.15) is 5.82 Å². The van der Waals surface area contributed by atoms with Crippen LogP contribution in [0.4, 0.5) is 0 Å². The summed E-state index contributed by atoms with van der Waals surface area (Å²) in [5.41, 5.74) is 5.45. The first-order valence-corrected chi connectivity index (χ1v) is 6.75. The smallest absolute Gasteiger partial charge is 0.223 e. The van der Waals surface area contributed by atoms with Crippen LogP contribution >= 0.6 is 0 Å². The Balaban J connectivity index is 2.04. The number of nitrogens with zero attached hydrogens (tertiary/aromatic N) is 3. The van der Waals surface area contributed by atoms with Gasteiger partial charge in [-0.25, -0.2) is 4.98 Å². The first-order chi connectivity index (χ1) is 8.76. The zero-order valence-corrected chi connectivity index (χ0v) is 11.0. The van der Waals surface area contributed by atoms with Crippen LogP contribution in [0.3, 0.4) is 0 Å². The Morgan fingerprint density at radius 2 is 2.44 bits per heavy atom. The molecule has 0 spiro atoms. The predicted molar refractivity (Wildman–Crippen MR) is 70.1 cm³/mol. The molecule has 1 unspecified atom stereocenters. The number of carbonyl (C=O) groups is 1. The highest BCUT2D eigenvalue weighted by Gasteiger charge is 2.25. The van der Waals surface area contributed by atoms with Crippen molar-refractivity contribution in [2.75, 3.05) is 19.6 Å². The molecule has 18 heavy (non-hydrogen) atoms. The van der Waals surface area contributed by atoms with E-state index >= 15 is 0 Å². The molecule has 1 aliphatic heterocycles. The quantitative estimate of drug-likeness (QED) is 0.865. The molecule has 2 heterocycles. The minimum absolute atomic E-state index is 0.181. The molecule has 2 rings (SSSR count). The highest BCUT2D eigenvalue weighted by Crippen LogP contribution is 2.23. The Bertz CT molecular complexity index is 401. The molecule has 100 valence electrons. The normalized spacial score (nSPS) is 20.1. The van der Waals surface area contributed by atoms with Gasteiger partial charge >= 0.3 is 0 Å². The molecule has 5 nitrogen and oxygen atoms in total. The van der Waals surface area contributed by atoms with Crippen molar-refractivity contribution in [2.45, 2.75) is 38.6 Å². The summed E-state index contributed by atoms with van der Waals surface area (Å²) in [7, 11) is 0. The molecule has 1 amide bonds. The van der Waals surface area contributed by atoms with Gasteiger partial charge in [0.15, 0.2) is 0 Å². The number of imidazole rings is 1. The number of amides is 1. The average Bonchev–Trinajstić information content (AvgIpc) is 2.87. The van der Waals surface area contributed by atoms with Crippen LogP contribution in [0.2, 0.25) is 0 Å². The van der Waals surface area contributed by atoms with Crippen molar-refractivity contribution < 1.29 is 4.79 Å². The molecule has 0 saturated carbocycles. The lowest BCUT2D eigenvalue weighted by Crippen LogP contribution is -2.41. The summed E-state index contributed by atoms with van der Waals surface area (Å²) in [5, 5.41) is 0. The third-order valence-corrected chi connectivity index (χ3v) is 3.57. The summed E-state index contributed by atoms with van der Waals surface area (Å²) in [6, 6.07) is 0.373. The van der Waals surface area contributed by atoms with E-state index in [0.717, 1.165) is 38.2 Å². The number of hydrogen-bond donors (Lipinski definition) is 1. The van der Waals surface area contributed by atoms with E-state index in [0.29, 0.717) is 19.0 Å². The molecule has 1 aliphatic rings. The molecule has 2 N–H and O–H groups in total. The number of carbonyl (C=O) groups excluding carboxylic acids is 1. The number of hydrogen-bond acceptors (Lipinski definition) is 3. The molecule has 1 fully saturated rings. The van der Waals surface area contributed by atoms with Crippen molar-refractivity contribution in [1.29, 1.82) is 0 Å². The third kappa shape index (κ3) is 2.72. The SMILES string of the molecule is CCc1nccn1C1CCCN(C(=O)CCN)C1. The largest absolute Gasteiger partial charge is 0.341 e. The van der Waals surface area contributed by atoms with E-state index in [9.17, 15) is 4.79 Å². The molecule has 0 bridgehead atoms. The van der Waals surface area contributed by atoms with Crippen LogP contribution in [0.25, 0.3) is 0 Å². The van der Waals surface area contributed by atoms with Crippen molar-refractivity contribution in [1.82, 2.24) is 14.5 Å². The number of rotatable bonds is 4. The van der Waals surface area contributed by atoms with Gasteiger partial charge in [-0.3, -0.25) is 4.79 Å². The Kier molecular flexibility index (Phi) is 4.36. The van der Waals surface area contributed by atoms with Crippen LogP contribution in [-0.2, 0) is 11.2 Å². The zero-order chi connectivity index (χ0) is 13.0. The second-order valence-electron chi connectivity index (χ2n) is 4.78. The topological polar surface area (TPSA) is 64.2 Å². The summed E-state index contributed by atoms with van der Waals surface area (Å²) in [5.74, 6) is 1.29. The van der Waals surface area contributed by atoms with Crippen LogP contribution in [0.5, 0.6) is 0 Å². The lowest BCUT2D eigenvalue weighted by Gasteiger charge is -2.34. The maximum absolute atomic E-state index is 11.9.